The zero-order valence-corrected chi connectivity index (χ0v) is 10.5. The van der Waals surface area contributed by atoms with Crippen LogP contribution < -0.4 is 16.6 Å². The predicted octanol–water partition coefficient (Wildman–Crippen LogP) is 1.41. The highest BCUT2D eigenvalue weighted by Gasteiger charge is 2.26. The molecule has 0 saturated heterocycles. The smallest absolute Gasteiger partial charge is 0.306 e. The molecule has 0 aliphatic heterocycles. The van der Waals surface area contributed by atoms with Gasteiger partial charge >= 0.3 is 5.69 Å². The van der Waals surface area contributed by atoms with E-state index in [1.165, 1.54) is 18.2 Å². The van der Waals surface area contributed by atoms with Crippen LogP contribution in [0.1, 0.15) is 31.1 Å². The van der Waals surface area contributed by atoms with Crippen molar-refractivity contribution < 1.29 is 9.72 Å². The van der Waals surface area contributed by atoms with Crippen molar-refractivity contribution in [2.75, 3.05) is 5.43 Å². The van der Waals surface area contributed by atoms with Gasteiger partial charge < -0.3 is 10.7 Å². The first-order valence-corrected chi connectivity index (χ1v) is 5.33. The lowest BCUT2D eigenvalue weighted by atomic mass is 10.1. The van der Waals surface area contributed by atoms with Crippen LogP contribution in [-0.4, -0.2) is 16.4 Å². The maximum atomic E-state index is 12.0. The van der Waals surface area contributed by atoms with Crippen molar-refractivity contribution in [2.24, 2.45) is 5.84 Å². The average molecular weight is 252 g/mol. The number of carbonyl (C=O) groups excluding carboxylic acids is 1. The van der Waals surface area contributed by atoms with Crippen LogP contribution in [0.5, 0.6) is 0 Å². The average Bonchev–Trinajstić information content (AvgIpc) is 2.25. The first-order chi connectivity index (χ1) is 8.26. The van der Waals surface area contributed by atoms with Crippen molar-refractivity contribution >= 4 is 17.3 Å². The number of hydrogen-bond donors (Lipinski definition) is 3. The molecule has 1 aromatic rings. The Morgan fingerprint density at radius 1 is 1.39 bits per heavy atom. The van der Waals surface area contributed by atoms with Crippen molar-refractivity contribution in [3.8, 4) is 0 Å². The molecule has 0 atom stereocenters. The molecule has 0 heterocycles. The molecule has 0 aliphatic carbocycles. The predicted molar refractivity (Wildman–Crippen MR) is 68.1 cm³/mol. The number of rotatable bonds is 3. The number of nitro benzene ring substituents is 1. The molecule has 18 heavy (non-hydrogen) atoms. The highest BCUT2D eigenvalue weighted by Crippen LogP contribution is 2.28. The first kappa shape index (κ1) is 13.9. The number of nitrogens with zero attached hydrogens (tertiary/aromatic N) is 1. The van der Waals surface area contributed by atoms with Crippen LogP contribution in [0.15, 0.2) is 18.2 Å². The van der Waals surface area contributed by atoms with Crippen molar-refractivity contribution in [1.82, 2.24) is 5.32 Å². The Hall–Kier alpha value is -2.15. The molecule has 0 fully saturated rings. The van der Waals surface area contributed by atoms with Gasteiger partial charge in [-0.15, -0.1) is 0 Å². The third-order valence-corrected chi connectivity index (χ3v) is 2.11. The molecule has 0 aliphatic rings. The molecule has 0 saturated carbocycles. The zero-order chi connectivity index (χ0) is 13.9. The van der Waals surface area contributed by atoms with Gasteiger partial charge in [0, 0.05) is 5.54 Å². The van der Waals surface area contributed by atoms with Crippen molar-refractivity contribution in [2.45, 2.75) is 26.3 Å². The number of para-hydroxylation sites is 1. The van der Waals surface area contributed by atoms with Gasteiger partial charge in [-0.25, -0.2) is 0 Å². The van der Waals surface area contributed by atoms with E-state index in [1.807, 2.05) is 0 Å². The molecular formula is C11H16N4O3. The van der Waals surface area contributed by atoms with Crippen LogP contribution >= 0.6 is 0 Å². The van der Waals surface area contributed by atoms with E-state index < -0.39 is 16.4 Å². The lowest BCUT2D eigenvalue weighted by Gasteiger charge is -2.20. The van der Waals surface area contributed by atoms with Crippen molar-refractivity contribution in [3.05, 3.63) is 33.9 Å². The maximum Gasteiger partial charge on any atom is 0.306 e. The van der Waals surface area contributed by atoms with Crippen LogP contribution in [0.2, 0.25) is 0 Å². The molecule has 1 aromatic carbocycles. The Bertz CT molecular complexity index is 480. The van der Waals surface area contributed by atoms with Gasteiger partial charge in [-0.1, -0.05) is 6.07 Å². The molecule has 7 nitrogen and oxygen atoms in total. The molecule has 7 heteroatoms. The summed E-state index contributed by atoms with van der Waals surface area (Å²) in [5.74, 6) is 4.69. The number of amides is 1. The van der Waals surface area contributed by atoms with Crippen LogP contribution in [0.25, 0.3) is 0 Å². The largest absolute Gasteiger partial charge is 0.347 e. The van der Waals surface area contributed by atoms with Crippen LogP contribution in [0.4, 0.5) is 11.4 Å². The summed E-state index contributed by atoms with van der Waals surface area (Å²) >= 11 is 0. The Balaban J connectivity index is 3.24. The van der Waals surface area contributed by atoms with Gasteiger partial charge in [0.1, 0.15) is 11.3 Å². The number of nitrogens with two attached hydrogens (primary N) is 1. The number of nitro groups is 1. The summed E-state index contributed by atoms with van der Waals surface area (Å²) in [5.41, 5.74) is 1.48. The van der Waals surface area contributed by atoms with Gasteiger partial charge in [0.15, 0.2) is 0 Å². The number of carbonyl (C=O) groups is 1. The molecule has 0 aromatic heterocycles. The van der Waals surface area contributed by atoms with E-state index >= 15 is 0 Å². The zero-order valence-electron chi connectivity index (χ0n) is 10.5. The maximum absolute atomic E-state index is 12.0. The van der Waals surface area contributed by atoms with Crippen LogP contribution in [-0.2, 0) is 0 Å². The number of nitrogen functional groups attached to an aromatic ring is 1. The summed E-state index contributed by atoms with van der Waals surface area (Å²) in [4.78, 5) is 22.3. The highest BCUT2D eigenvalue weighted by molar-refractivity contribution is 6.00. The van der Waals surface area contributed by atoms with E-state index in [2.05, 4.69) is 10.7 Å². The van der Waals surface area contributed by atoms with Gasteiger partial charge in [0.2, 0.25) is 0 Å². The monoisotopic (exact) mass is 252 g/mol. The van der Waals surface area contributed by atoms with Gasteiger partial charge in [-0.3, -0.25) is 20.8 Å². The van der Waals surface area contributed by atoms with Gasteiger partial charge in [0.25, 0.3) is 5.91 Å². The fraction of sp³-hybridized carbons (Fsp3) is 0.364. The molecular weight excluding hydrogens is 236 g/mol. The SMILES string of the molecule is CC(C)(C)NC(=O)c1cccc(NN)c1[N+](=O)[O-]. The molecule has 1 amide bonds. The Morgan fingerprint density at radius 3 is 2.44 bits per heavy atom. The van der Waals surface area contributed by atoms with Crippen LogP contribution in [0, 0.1) is 10.1 Å². The number of benzene rings is 1. The van der Waals surface area contributed by atoms with E-state index in [4.69, 9.17) is 5.84 Å². The Labute approximate surface area is 104 Å². The van der Waals surface area contributed by atoms with Crippen molar-refractivity contribution in [3.63, 3.8) is 0 Å². The Kier molecular flexibility index (Phi) is 3.87. The minimum atomic E-state index is -0.632. The molecule has 0 bridgehead atoms. The summed E-state index contributed by atoms with van der Waals surface area (Å²) in [6.07, 6.45) is 0. The number of nitrogens with one attached hydrogen (secondary N) is 2. The van der Waals surface area contributed by atoms with Gasteiger partial charge in [0.05, 0.1) is 4.92 Å². The second-order valence-electron chi connectivity index (χ2n) is 4.81. The topological polar surface area (TPSA) is 110 Å². The number of hydrogen-bond acceptors (Lipinski definition) is 5. The standard InChI is InChI=1S/C11H16N4O3/c1-11(2,3)13-10(16)7-5-4-6-8(14-12)9(7)15(17)18/h4-6,14H,12H2,1-3H3,(H,13,16). The molecule has 0 radical (unpaired) electrons. The first-order valence-electron chi connectivity index (χ1n) is 5.33. The van der Waals surface area contributed by atoms with E-state index in [1.54, 1.807) is 20.8 Å². The minimum absolute atomic E-state index is 0.0228. The lowest BCUT2D eigenvalue weighted by molar-refractivity contribution is -0.384. The van der Waals surface area contributed by atoms with E-state index in [9.17, 15) is 14.9 Å². The quantitative estimate of drug-likeness (QED) is 0.428. The fourth-order valence-corrected chi connectivity index (χ4v) is 1.45. The van der Waals surface area contributed by atoms with E-state index in [0.29, 0.717) is 0 Å². The summed E-state index contributed by atoms with van der Waals surface area (Å²) < 4.78 is 0. The molecule has 0 unspecified atom stereocenters. The van der Waals surface area contributed by atoms with Gasteiger partial charge in [-0.05, 0) is 32.9 Å². The van der Waals surface area contributed by atoms with E-state index in [-0.39, 0.29) is 16.9 Å². The minimum Gasteiger partial charge on any atom is -0.347 e. The summed E-state index contributed by atoms with van der Waals surface area (Å²) in [6, 6.07) is 4.35. The summed E-state index contributed by atoms with van der Waals surface area (Å²) in [6.45, 7) is 5.38. The molecule has 98 valence electrons. The summed E-state index contributed by atoms with van der Waals surface area (Å²) in [7, 11) is 0. The normalized spacial score (nSPS) is 10.9. The number of anilines is 1. The third kappa shape index (κ3) is 3.17. The molecule has 4 N–H and O–H groups in total. The molecule has 0 spiro atoms. The second kappa shape index (κ2) is 5.01. The van der Waals surface area contributed by atoms with Gasteiger partial charge in [-0.2, -0.15) is 0 Å². The third-order valence-electron chi connectivity index (χ3n) is 2.11. The molecule has 1 rings (SSSR count). The van der Waals surface area contributed by atoms with Crippen LogP contribution in [0.3, 0.4) is 0 Å². The highest BCUT2D eigenvalue weighted by atomic mass is 16.6. The second-order valence-corrected chi connectivity index (χ2v) is 4.81. The lowest BCUT2D eigenvalue weighted by Crippen LogP contribution is -2.40. The summed E-state index contributed by atoms with van der Waals surface area (Å²) in [5, 5.41) is 13.7. The van der Waals surface area contributed by atoms with E-state index in [0.717, 1.165) is 0 Å². The fourth-order valence-electron chi connectivity index (χ4n) is 1.45. The van der Waals surface area contributed by atoms with Crippen molar-refractivity contribution in [1.29, 1.82) is 0 Å². The number of hydrazine groups is 1. The Morgan fingerprint density at radius 2 is 2.00 bits per heavy atom.